The molecule has 0 fully saturated rings. The number of rotatable bonds is 5. The zero-order chi connectivity index (χ0) is 12.6. The van der Waals surface area contributed by atoms with Crippen LogP contribution in [0.25, 0.3) is 0 Å². The summed E-state index contributed by atoms with van der Waals surface area (Å²) >= 11 is 0. The molecule has 2 N–H and O–H groups in total. The summed E-state index contributed by atoms with van der Waals surface area (Å²) in [5.41, 5.74) is 0.724. The van der Waals surface area contributed by atoms with Crippen LogP contribution in [0.2, 0.25) is 0 Å². The van der Waals surface area contributed by atoms with Crippen LogP contribution >= 0.6 is 0 Å². The maximum absolute atomic E-state index is 11.2. The molecular weight excluding hydrogens is 204 g/mol. The molecule has 0 aliphatic carbocycles. The quantitative estimate of drug-likeness (QED) is 0.710. The van der Waals surface area contributed by atoms with E-state index in [1.54, 1.807) is 0 Å². The molecule has 0 spiro atoms. The van der Waals surface area contributed by atoms with Crippen LogP contribution in [0.3, 0.4) is 0 Å². The highest BCUT2D eigenvalue weighted by Crippen LogP contribution is 2.06. The van der Waals surface area contributed by atoms with Gasteiger partial charge in [-0.1, -0.05) is 6.08 Å². The Morgan fingerprint density at radius 3 is 2.31 bits per heavy atom. The molecule has 1 amide bonds. The van der Waals surface area contributed by atoms with Gasteiger partial charge in [-0.2, -0.15) is 0 Å². The molecule has 0 aliphatic rings. The SMILES string of the molecule is C/C=C(\C)NCCCNC(=O)OC(C)(C)C. The minimum atomic E-state index is -0.427. The summed E-state index contributed by atoms with van der Waals surface area (Å²) < 4.78 is 5.10. The second-order valence-electron chi connectivity index (χ2n) is 4.68. The van der Waals surface area contributed by atoms with Crippen molar-refractivity contribution >= 4 is 6.09 Å². The molecular formula is C12H24N2O2. The number of hydrogen-bond donors (Lipinski definition) is 2. The highest BCUT2D eigenvalue weighted by atomic mass is 16.6. The number of alkyl carbamates (subject to hydrolysis) is 1. The number of carbonyl (C=O) groups excluding carboxylic acids is 1. The molecule has 0 atom stereocenters. The molecule has 0 saturated carbocycles. The van der Waals surface area contributed by atoms with Gasteiger partial charge in [0.2, 0.25) is 0 Å². The van der Waals surface area contributed by atoms with Crippen molar-refractivity contribution in [1.82, 2.24) is 10.6 Å². The molecule has 16 heavy (non-hydrogen) atoms. The van der Waals surface area contributed by atoms with Crippen LogP contribution in [-0.2, 0) is 4.74 Å². The highest BCUT2D eigenvalue weighted by Gasteiger charge is 2.15. The molecule has 0 aliphatic heterocycles. The molecule has 0 bridgehead atoms. The minimum Gasteiger partial charge on any atom is -0.444 e. The number of nitrogens with one attached hydrogen (secondary N) is 2. The number of amides is 1. The van der Waals surface area contributed by atoms with Gasteiger partial charge >= 0.3 is 6.09 Å². The summed E-state index contributed by atoms with van der Waals surface area (Å²) in [6, 6.07) is 0. The number of carbonyl (C=O) groups is 1. The molecule has 94 valence electrons. The van der Waals surface area contributed by atoms with E-state index in [-0.39, 0.29) is 6.09 Å². The van der Waals surface area contributed by atoms with E-state index in [1.165, 1.54) is 0 Å². The predicted octanol–water partition coefficient (Wildman–Crippen LogP) is 2.41. The third-order valence-corrected chi connectivity index (χ3v) is 1.86. The zero-order valence-corrected chi connectivity index (χ0v) is 11.0. The third kappa shape index (κ3) is 9.37. The van der Waals surface area contributed by atoms with Gasteiger partial charge in [0.25, 0.3) is 0 Å². The van der Waals surface area contributed by atoms with E-state index < -0.39 is 5.60 Å². The molecule has 0 saturated heterocycles. The molecule has 0 aromatic rings. The number of hydrogen-bond acceptors (Lipinski definition) is 3. The van der Waals surface area contributed by atoms with Gasteiger partial charge < -0.3 is 15.4 Å². The predicted molar refractivity (Wildman–Crippen MR) is 66.3 cm³/mol. The fourth-order valence-electron chi connectivity index (χ4n) is 0.981. The van der Waals surface area contributed by atoms with Crippen molar-refractivity contribution in [1.29, 1.82) is 0 Å². The van der Waals surface area contributed by atoms with Crippen LogP contribution in [0, 0.1) is 0 Å². The Hall–Kier alpha value is -1.19. The Morgan fingerprint density at radius 2 is 1.81 bits per heavy atom. The van der Waals surface area contributed by atoms with Gasteiger partial charge in [0.1, 0.15) is 5.60 Å². The lowest BCUT2D eigenvalue weighted by Crippen LogP contribution is -2.33. The van der Waals surface area contributed by atoms with Gasteiger partial charge in [0.15, 0.2) is 0 Å². The van der Waals surface area contributed by atoms with Crippen molar-refractivity contribution in [3.8, 4) is 0 Å². The molecule has 0 radical (unpaired) electrons. The lowest BCUT2D eigenvalue weighted by atomic mass is 10.2. The Kier molecular flexibility index (Phi) is 6.61. The highest BCUT2D eigenvalue weighted by molar-refractivity contribution is 5.67. The van der Waals surface area contributed by atoms with Crippen molar-refractivity contribution in [2.24, 2.45) is 0 Å². The second kappa shape index (κ2) is 7.14. The minimum absolute atomic E-state index is 0.352. The van der Waals surface area contributed by atoms with E-state index in [4.69, 9.17) is 4.74 Å². The third-order valence-electron chi connectivity index (χ3n) is 1.86. The first-order valence-electron chi connectivity index (χ1n) is 5.69. The van der Waals surface area contributed by atoms with Gasteiger partial charge in [0, 0.05) is 18.8 Å². The largest absolute Gasteiger partial charge is 0.444 e. The zero-order valence-electron chi connectivity index (χ0n) is 11.0. The summed E-state index contributed by atoms with van der Waals surface area (Å²) in [6.07, 6.45) is 2.54. The Bertz CT molecular complexity index is 242. The molecule has 4 nitrogen and oxygen atoms in total. The van der Waals surface area contributed by atoms with E-state index in [0.29, 0.717) is 6.54 Å². The normalized spacial score (nSPS) is 12.2. The van der Waals surface area contributed by atoms with Crippen molar-refractivity contribution < 1.29 is 9.53 Å². The standard InChI is InChI=1S/C12H24N2O2/c1-6-10(2)13-8-7-9-14-11(15)16-12(3,4)5/h6,13H,7-9H2,1-5H3,(H,14,15)/b10-6+. The van der Waals surface area contributed by atoms with Crippen molar-refractivity contribution in [2.75, 3.05) is 13.1 Å². The Balaban J connectivity index is 3.49. The first kappa shape index (κ1) is 14.8. The summed E-state index contributed by atoms with van der Waals surface area (Å²) in [5, 5.41) is 5.93. The monoisotopic (exact) mass is 228 g/mol. The van der Waals surface area contributed by atoms with E-state index >= 15 is 0 Å². The van der Waals surface area contributed by atoms with Crippen molar-refractivity contribution in [3.05, 3.63) is 11.8 Å². The van der Waals surface area contributed by atoms with Gasteiger partial charge in [-0.3, -0.25) is 0 Å². The molecule has 4 heteroatoms. The van der Waals surface area contributed by atoms with Crippen molar-refractivity contribution in [2.45, 2.75) is 46.6 Å². The summed E-state index contributed by atoms with van der Waals surface area (Å²) in [5.74, 6) is 0. The first-order chi connectivity index (χ1) is 7.35. The van der Waals surface area contributed by atoms with Crippen molar-refractivity contribution in [3.63, 3.8) is 0 Å². The van der Waals surface area contributed by atoms with Gasteiger partial charge in [0.05, 0.1) is 0 Å². The topological polar surface area (TPSA) is 50.4 Å². The second-order valence-corrected chi connectivity index (χ2v) is 4.68. The number of ether oxygens (including phenoxy) is 1. The molecule has 0 aromatic carbocycles. The van der Waals surface area contributed by atoms with E-state index in [0.717, 1.165) is 18.7 Å². The average molecular weight is 228 g/mol. The maximum atomic E-state index is 11.2. The van der Waals surface area contributed by atoms with Crippen LogP contribution < -0.4 is 10.6 Å². The van der Waals surface area contributed by atoms with E-state index in [2.05, 4.69) is 10.6 Å². The molecule has 0 heterocycles. The lowest BCUT2D eigenvalue weighted by Gasteiger charge is -2.19. The summed E-state index contributed by atoms with van der Waals surface area (Å²) in [6.45, 7) is 11.0. The van der Waals surface area contributed by atoms with Crippen LogP contribution in [-0.4, -0.2) is 24.8 Å². The van der Waals surface area contributed by atoms with Gasteiger partial charge in [-0.25, -0.2) is 4.79 Å². The molecule has 0 aromatic heterocycles. The molecule has 0 unspecified atom stereocenters. The van der Waals surface area contributed by atoms with Crippen LogP contribution in [0.1, 0.15) is 41.0 Å². The Morgan fingerprint density at radius 1 is 1.25 bits per heavy atom. The smallest absolute Gasteiger partial charge is 0.407 e. The summed E-state index contributed by atoms with van der Waals surface area (Å²) in [4.78, 5) is 11.2. The fourth-order valence-corrected chi connectivity index (χ4v) is 0.981. The first-order valence-corrected chi connectivity index (χ1v) is 5.69. The Labute approximate surface area is 98.4 Å². The van der Waals surface area contributed by atoms with Crippen LogP contribution in [0.4, 0.5) is 4.79 Å². The van der Waals surface area contributed by atoms with Crippen LogP contribution in [0.5, 0.6) is 0 Å². The van der Waals surface area contributed by atoms with E-state index in [1.807, 2.05) is 40.7 Å². The number of allylic oxidation sites excluding steroid dienone is 2. The van der Waals surface area contributed by atoms with E-state index in [9.17, 15) is 4.79 Å². The molecule has 0 rings (SSSR count). The average Bonchev–Trinajstić information content (AvgIpc) is 2.14. The maximum Gasteiger partial charge on any atom is 0.407 e. The van der Waals surface area contributed by atoms with Gasteiger partial charge in [-0.05, 0) is 41.0 Å². The van der Waals surface area contributed by atoms with Gasteiger partial charge in [-0.15, -0.1) is 0 Å². The lowest BCUT2D eigenvalue weighted by molar-refractivity contribution is 0.0527. The summed E-state index contributed by atoms with van der Waals surface area (Å²) in [7, 11) is 0. The fraction of sp³-hybridized carbons (Fsp3) is 0.750. The van der Waals surface area contributed by atoms with Crippen LogP contribution in [0.15, 0.2) is 11.8 Å².